The van der Waals surface area contributed by atoms with Crippen molar-refractivity contribution in [2.45, 2.75) is 31.9 Å². The van der Waals surface area contributed by atoms with Gasteiger partial charge in [0.1, 0.15) is 0 Å². The van der Waals surface area contributed by atoms with E-state index in [0.29, 0.717) is 0 Å². The summed E-state index contributed by atoms with van der Waals surface area (Å²) < 4.78 is 44.0. The lowest BCUT2D eigenvalue weighted by Gasteiger charge is -2.31. The Labute approximate surface area is 110 Å². The Hall–Kier alpha value is -1.26. The van der Waals surface area contributed by atoms with Crippen LogP contribution in [-0.4, -0.2) is 19.3 Å². The van der Waals surface area contributed by atoms with Crippen LogP contribution in [0.4, 0.5) is 13.2 Å². The Morgan fingerprint density at radius 3 is 2.47 bits per heavy atom. The van der Waals surface area contributed by atoms with Crippen LogP contribution in [0.5, 0.6) is 0 Å². The first kappa shape index (κ1) is 14.2. The fraction of sp³-hybridized carbons (Fsp3) is 0.643. The lowest BCUT2D eigenvalue weighted by Crippen LogP contribution is -2.34. The van der Waals surface area contributed by atoms with E-state index in [0.717, 1.165) is 31.8 Å². The molecule has 0 bridgehead atoms. The highest BCUT2D eigenvalue weighted by Gasteiger charge is 2.46. The zero-order valence-corrected chi connectivity index (χ0v) is 10.7. The molecule has 19 heavy (non-hydrogen) atoms. The van der Waals surface area contributed by atoms with Gasteiger partial charge in [-0.05, 0) is 24.7 Å². The zero-order chi connectivity index (χ0) is 14.0. The third-order valence-electron chi connectivity index (χ3n) is 4.02. The summed E-state index contributed by atoms with van der Waals surface area (Å²) in [5.74, 6) is -2.76. The molecule has 1 saturated carbocycles. The van der Waals surface area contributed by atoms with Gasteiger partial charge in [-0.1, -0.05) is 31.1 Å². The SMILES string of the molecule is COC(=O)C1=CC(C(F)(F)F)C(C2CCCC2)C=C1. The molecule has 5 heteroatoms. The Morgan fingerprint density at radius 1 is 1.32 bits per heavy atom. The molecule has 0 N–H and O–H groups in total. The van der Waals surface area contributed by atoms with Gasteiger partial charge in [0, 0.05) is 0 Å². The molecule has 2 aliphatic carbocycles. The van der Waals surface area contributed by atoms with Crippen LogP contribution in [0.1, 0.15) is 25.7 Å². The number of hydrogen-bond donors (Lipinski definition) is 0. The molecule has 0 spiro atoms. The number of methoxy groups -OCH3 is 1. The minimum absolute atomic E-state index is 0.000859. The van der Waals surface area contributed by atoms with Crippen molar-refractivity contribution in [1.29, 1.82) is 0 Å². The summed E-state index contributed by atoms with van der Waals surface area (Å²) in [7, 11) is 1.17. The van der Waals surface area contributed by atoms with E-state index in [4.69, 9.17) is 0 Å². The minimum Gasteiger partial charge on any atom is -0.465 e. The van der Waals surface area contributed by atoms with E-state index in [-0.39, 0.29) is 11.5 Å². The molecule has 2 atom stereocenters. The molecule has 0 saturated heterocycles. The molecule has 0 radical (unpaired) electrons. The van der Waals surface area contributed by atoms with E-state index >= 15 is 0 Å². The van der Waals surface area contributed by atoms with Gasteiger partial charge in [-0.2, -0.15) is 13.2 Å². The molecule has 0 aromatic rings. The van der Waals surface area contributed by atoms with Crippen LogP contribution in [0.2, 0.25) is 0 Å². The number of carbonyl (C=O) groups excluding carboxylic acids is 1. The summed E-state index contributed by atoms with van der Waals surface area (Å²) in [4.78, 5) is 11.4. The van der Waals surface area contributed by atoms with Crippen molar-refractivity contribution < 1.29 is 22.7 Å². The molecule has 0 aliphatic heterocycles. The van der Waals surface area contributed by atoms with Crippen molar-refractivity contribution >= 4 is 5.97 Å². The number of rotatable bonds is 2. The van der Waals surface area contributed by atoms with E-state index < -0.39 is 24.0 Å². The zero-order valence-electron chi connectivity index (χ0n) is 10.7. The molecule has 2 unspecified atom stereocenters. The molecular weight excluding hydrogens is 257 g/mol. The van der Waals surface area contributed by atoms with Crippen molar-refractivity contribution in [3.8, 4) is 0 Å². The summed E-state index contributed by atoms with van der Waals surface area (Å²) in [6, 6.07) is 0. The Morgan fingerprint density at radius 2 is 1.95 bits per heavy atom. The van der Waals surface area contributed by atoms with Gasteiger partial charge in [-0.25, -0.2) is 4.79 Å². The maximum absolute atomic E-state index is 13.2. The van der Waals surface area contributed by atoms with Gasteiger partial charge in [0.05, 0.1) is 18.6 Å². The largest absolute Gasteiger partial charge is 0.465 e. The predicted octanol–water partition coefficient (Wildman–Crippen LogP) is 3.64. The fourth-order valence-corrected chi connectivity index (χ4v) is 3.05. The summed E-state index contributed by atoms with van der Waals surface area (Å²) in [5.41, 5.74) is -0.000859. The van der Waals surface area contributed by atoms with Crippen LogP contribution >= 0.6 is 0 Å². The van der Waals surface area contributed by atoms with Gasteiger partial charge in [0.2, 0.25) is 0 Å². The summed E-state index contributed by atoms with van der Waals surface area (Å²) >= 11 is 0. The molecule has 2 aliphatic rings. The van der Waals surface area contributed by atoms with Crippen LogP contribution in [0.25, 0.3) is 0 Å². The molecule has 2 rings (SSSR count). The quantitative estimate of drug-likeness (QED) is 0.719. The normalized spacial score (nSPS) is 28.3. The second-order valence-corrected chi connectivity index (χ2v) is 5.16. The molecule has 1 fully saturated rings. The average molecular weight is 274 g/mol. The van der Waals surface area contributed by atoms with E-state index in [9.17, 15) is 18.0 Å². The van der Waals surface area contributed by atoms with Crippen molar-refractivity contribution in [1.82, 2.24) is 0 Å². The van der Waals surface area contributed by atoms with Crippen molar-refractivity contribution in [2.75, 3.05) is 7.11 Å². The highest BCUT2D eigenvalue weighted by atomic mass is 19.4. The first-order chi connectivity index (χ1) is 8.93. The van der Waals surface area contributed by atoms with E-state index in [1.165, 1.54) is 13.2 Å². The van der Waals surface area contributed by atoms with Gasteiger partial charge in [0.25, 0.3) is 0 Å². The number of hydrogen-bond acceptors (Lipinski definition) is 2. The second-order valence-electron chi connectivity index (χ2n) is 5.16. The Bertz CT molecular complexity index is 403. The smallest absolute Gasteiger partial charge is 0.395 e. The Kier molecular flexibility index (Phi) is 4.02. The third kappa shape index (κ3) is 3.01. The van der Waals surface area contributed by atoms with Crippen molar-refractivity contribution in [2.24, 2.45) is 17.8 Å². The second kappa shape index (κ2) is 5.39. The number of esters is 1. The van der Waals surface area contributed by atoms with Gasteiger partial charge in [0.15, 0.2) is 0 Å². The summed E-state index contributed by atoms with van der Waals surface area (Å²) in [5, 5.41) is 0. The van der Waals surface area contributed by atoms with Crippen molar-refractivity contribution in [3.63, 3.8) is 0 Å². The molecule has 0 aromatic heterocycles. The molecule has 0 aromatic carbocycles. The molecule has 0 heterocycles. The van der Waals surface area contributed by atoms with Crippen LogP contribution in [0.3, 0.4) is 0 Å². The number of carbonyl (C=O) groups is 1. The van der Waals surface area contributed by atoms with E-state index in [1.54, 1.807) is 6.08 Å². The summed E-state index contributed by atoms with van der Waals surface area (Å²) in [6.07, 6.45) is 3.37. The summed E-state index contributed by atoms with van der Waals surface area (Å²) in [6.45, 7) is 0. The lowest BCUT2D eigenvalue weighted by atomic mass is 9.76. The third-order valence-corrected chi connectivity index (χ3v) is 4.02. The molecule has 106 valence electrons. The Balaban J connectivity index is 2.25. The van der Waals surface area contributed by atoms with Gasteiger partial charge in [-0.3, -0.25) is 0 Å². The number of ether oxygens (including phenoxy) is 1. The van der Waals surface area contributed by atoms with E-state index in [1.807, 2.05) is 0 Å². The van der Waals surface area contributed by atoms with Gasteiger partial charge in [-0.15, -0.1) is 0 Å². The first-order valence-electron chi connectivity index (χ1n) is 6.48. The van der Waals surface area contributed by atoms with Gasteiger partial charge >= 0.3 is 12.1 Å². The van der Waals surface area contributed by atoms with Crippen LogP contribution in [0.15, 0.2) is 23.8 Å². The number of allylic oxidation sites excluding steroid dienone is 2. The predicted molar refractivity (Wildman–Crippen MR) is 64.2 cm³/mol. The highest BCUT2D eigenvalue weighted by Crippen LogP contribution is 2.45. The maximum atomic E-state index is 13.2. The topological polar surface area (TPSA) is 26.3 Å². The lowest BCUT2D eigenvalue weighted by molar-refractivity contribution is -0.174. The fourth-order valence-electron chi connectivity index (χ4n) is 3.05. The van der Waals surface area contributed by atoms with E-state index in [2.05, 4.69) is 4.74 Å². The molecular formula is C14H17F3O2. The maximum Gasteiger partial charge on any atom is 0.395 e. The van der Waals surface area contributed by atoms with Crippen LogP contribution < -0.4 is 0 Å². The first-order valence-corrected chi connectivity index (χ1v) is 6.48. The number of halogens is 3. The minimum atomic E-state index is -4.32. The monoisotopic (exact) mass is 274 g/mol. The molecule has 0 amide bonds. The van der Waals surface area contributed by atoms with Gasteiger partial charge < -0.3 is 4.74 Å². The molecule has 2 nitrogen and oxygen atoms in total. The standard InChI is InChI=1S/C14H17F3O2/c1-19-13(18)10-6-7-11(9-4-2-3-5-9)12(8-10)14(15,16)17/h6-9,11-12H,2-5H2,1H3. The highest BCUT2D eigenvalue weighted by molar-refractivity contribution is 5.91. The average Bonchev–Trinajstić information content (AvgIpc) is 2.90. The number of alkyl halides is 3. The van der Waals surface area contributed by atoms with Crippen LogP contribution in [-0.2, 0) is 9.53 Å². The van der Waals surface area contributed by atoms with Crippen molar-refractivity contribution in [3.05, 3.63) is 23.8 Å². The van der Waals surface area contributed by atoms with Crippen LogP contribution in [0, 0.1) is 17.8 Å².